The zero-order chi connectivity index (χ0) is 11.0. The molecule has 0 spiro atoms. The summed E-state index contributed by atoms with van der Waals surface area (Å²) in [5.41, 5.74) is 4.03. The molecule has 0 saturated heterocycles. The Morgan fingerprint density at radius 1 is 1.29 bits per heavy atom. The summed E-state index contributed by atoms with van der Waals surface area (Å²) >= 11 is 0. The Labute approximate surface area is 105 Å². The second-order valence-electron chi connectivity index (χ2n) is 3.97. The first-order valence-electron chi connectivity index (χ1n) is 5.37. The number of benzene rings is 1. The van der Waals surface area contributed by atoms with E-state index in [0.717, 1.165) is 42.0 Å². The molecule has 17 heavy (non-hydrogen) atoms. The quantitative estimate of drug-likeness (QED) is 0.819. The summed E-state index contributed by atoms with van der Waals surface area (Å²) < 4.78 is 13.1. The maximum atomic E-state index is 13.1. The number of hydrogen-bond acceptors (Lipinski definition) is 2. The number of fused-ring (bicyclic) bond motifs is 1. The van der Waals surface area contributed by atoms with Gasteiger partial charge in [0.25, 0.3) is 0 Å². The fraction of sp³-hybridized carbons (Fsp3) is 0.250. The van der Waals surface area contributed by atoms with Gasteiger partial charge in [-0.3, -0.25) is 5.10 Å². The number of rotatable bonds is 1. The van der Waals surface area contributed by atoms with Crippen molar-refractivity contribution in [1.29, 1.82) is 0 Å². The lowest BCUT2D eigenvalue weighted by Gasteiger charge is -2.12. The SMILES string of the molecule is Cl.Fc1cccc(-c2n[nH]c3c2CNCC3)c1. The molecule has 1 aromatic carbocycles. The van der Waals surface area contributed by atoms with Gasteiger partial charge in [0.05, 0.1) is 5.69 Å². The van der Waals surface area contributed by atoms with E-state index in [1.807, 2.05) is 6.07 Å². The Morgan fingerprint density at radius 2 is 2.18 bits per heavy atom. The fourth-order valence-electron chi connectivity index (χ4n) is 2.10. The molecule has 0 aliphatic carbocycles. The van der Waals surface area contributed by atoms with Crippen molar-refractivity contribution in [2.45, 2.75) is 13.0 Å². The lowest BCUT2D eigenvalue weighted by molar-refractivity contribution is 0.628. The monoisotopic (exact) mass is 253 g/mol. The Hall–Kier alpha value is -1.39. The van der Waals surface area contributed by atoms with Crippen LogP contribution >= 0.6 is 12.4 Å². The molecule has 2 N–H and O–H groups in total. The third kappa shape index (κ3) is 2.18. The summed E-state index contributed by atoms with van der Waals surface area (Å²) in [6.45, 7) is 1.77. The number of aromatic nitrogens is 2. The molecule has 0 saturated carbocycles. The van der Waals surface area contributed by atoms with Crippen molar-refractivity contribution >= 4 is 12.4 Å². The van der Waals surface area contributed by atoms with Crippen LogP contribution in [0.2, 0.25) is 0 Å². The zero-order valence-corrected chi connectivity index (χ0v) is 9.98. The molecule has 3 nitrogen and oxygen atoms in total. The molecule has 0 radical (unpaired) electrons. The van der Waals surface area contributed by atoms with Crippen molar-refractivity contribution in [2.24, 2.45) is 0 Å². The molecule has 0 amide bonds. The van der Waals surface area contributed by atoms with Crippen LogP contribution in [0.15, 0.2) is 24.3 Å². The van der Waals surface area contributed by atoms with E-state index in [1.165, 1.54) is 12.1 Å². The van der Waals surface area contributed by atoms with Crippen LogP contribution in [-0.4, -0.2) is 16.7 Å². The van der Waals surface area contributed by atoms with E-state index in [0.29, 0.717) is 0 Å². The van der Waals surface area contributed by atoms with Crippen molar-refractivity contribution < 1.29 is 4.39 Å². The van der Waals surface area contributed by atoms with Crippen LogP contribution in [0, 0.1) is 5.82 Å². The summed E-state index contributed by atoms with van der Waals surface area (Å²) in [5, 5.41) is 10.6. The first-order chi connectivity index (χ1) is 7.84. The van der Waals surface area contributed by atoms with Gasteiger partial charge in [-0.05, 0) is 12.1 Å². The first kappa shape index (κ1) is 12.1. The van der Waals surface area contributed by atoms with E-state index >= 15 is 0 Å². The average molecular weight is 254 g/mol. The molecule has 0 bridgehead atoms. The van der Waals surface area contributed by atoms with Gasteiger partial charge in [-0.15, -0.1) is 12.4 Å². The largest absolute Gasteiger partial charge is 0.312 e. The number of nitrogens with zero attached hydrogens (tertiary/aromatic N) is 1. The predicted octanol–water partition coefficient (Wildman–Crippen LogP) is 2.28. The van der Waals surface area contributed by atoms with E-state index < -0.39 is 0 Å². The highest BCUT2D eigenvalue weighted by molar-refractivity contribution is 5.85. The van der Waals surface area contributed by atoms with Crippen LogP contribution in [0.25, 0.3) is 11.3 Å². The van der Waals surface area contributed by atoms with Crippen molar-refractivity contribution in [1.82, 2.24) is 15.5 Å². The Morgan fingerprint density at radius 3 is 3.00 bits per heavy atom. The maximum Gasteiger partial charge on any atom is 0.123 e. The second kappa shape index (κ2) is 4.85. The molecular formula is C12H13ClFN3. The van der Waals surface area contributed by atoms with E-state index in [2.05, 4.69) is 15.5 Å². The molecule has 3 rings (SSSR count). The number of H-pyrrole nitrogens is 1. The molecule has 2 heterocycles. The third-order valence-electron chi connectivity index (χ3n) is 2.90. The van der Waals surface area contributed by atoms with Crippen molar-refractivity contribution in [2.75, 3.05) is 6.54 Å². The zero-order valence-electron chi connectivity index (χ0n) is 9.16. The van der Waals surface area contributed by atoms with Crippen LogP contribution in [0.1, 0.15) is 11.3 Å². The van der Waals surface area contributed by atoms with Gasteiger partial charge in [-0.25, -0.2) is 4.39 Å². The van der Waals surface area contributed by atoms with E-state index in [9.17, 15) is 4.39 Å². The van der Waals surface area contributed by atoms with Gasteiger partial charge in [0.1, 0.15) is 5.82 Å². The minimum Gasteiger partial charge on any atom is -0.312 e. The summed E-state index contributed by atoms with van der Waals surface area (Å²) in [5.74, 6) is -0.224. The third-order valence-corrected chi connectivity index (χ3v) is 2.90. The van der Waals surface area contributed by atoms with Gasteiger partial charge >= 0.3 is 0 Å². The molecular weight excluding hydrogens is 241 g/mol. The van der Waals surface area contributed by atoms with Crippen LogP contribution in [0.5, 0.6) is 0 Å². The molecule has 0 fully saturated rings. The molecule has 1 aliphatic heterocycles. The van der Waals surface area contributed by atoms with Crippen LogP contribution in [-0.2, 0) is 13.0 Å². The summed E-state index contributed by atoms with van der Waals surface area (Å²) in [6, 6.07) is 6.56. The minimum atomic E-state index is -0.224. The molecule has 0 atom stereocenters. The summed E-state index contributed by atoms with van der Waals surface area (Å²) in [7, 11) is 0. The highest BCUT2D eigenvalue weighted by Gasteiger charge is 2.17. The summed E-state index contributed by atoms with van der Waals surface area (Å²) in [6.07, 6.45) is 0.956. The van der Waals surface area contributed by atoms with Gasteiger partial charge in [-0.2, -0.15) is 5.10 Å². The normalized spacial score (nSPS) is 13.9. The first-order valence-corrected chi connectivity index (χ1v) is 5.37. The Bertz CT molecular complexity index is 524. The topological polar surface area (TPSA) is 40.7 Å². The van der Waals surface area contributed by atoms with Gasteiger partial charge in [-0.1, -0.05) is 12.1 Å². The van der Waals surface area contributed by atoms with Crippen LogP contribution < -0.4 is 5.32 Å². The summed E-state index contributed by atoms with van der Waals surface area (Å²) in [4.78, 5) is 0. The molecule has 5 heteroatoms. The molecule has 0 unspecified atom stereocenters. The lowest BCUT2D eigenvalue weighted by atomic mass is 10.0. The highest BCUT2D eigenvalue weighted by atomic mass is 35.5. The molecule has 1 aliphatic rings. The van der Waals surface area contributed by atoms with Gasteiger partial charge < -0.3 is 5.32 Å². The minimum absolute atomic E-state index is 0. The Kier molecular flexibility index (Phi) is 3.45. The highest BCUT2D eigenvalue weighted by Crippen LogP contribution is 2.25. The molecule has 2 aromatic rings. The average Bonchev–Trinajstić information content (AvgIpc) is 2.72. The maximum absolute atomic E-state index is 13.1. The standard InChI is InChI=1S/C12H12FN3.ClH/c13-9-3-1-2-8(6-9)12-10-7-14-5-4-11(10)15-16-12;/h1-3,6,14H,4-5,7H2,(H,15,16);1H. The van der Waals surface area contributed by atoms with E-state index in [-0.39, 0.29) is 18.2 Å². The van der Waals surface area contributed by atoms with Gasteiger partial charge in [0, 0.05) is 36.3 Å². The molecule has 90 valence electrons. The fourth-order valence-corrected chi connectivity index (χ4v) is 2.10. The van der Waals surface area contributed by atoms with Crippen LogP contribution in [0.3, 0.4) is 0 Å². The Balaban J connectivity index is 0.00000108. The lowest BCUT2D eigenvalue weighted by Crippen LogP contribution is -2.23. The van der Waals surface area contributed by atoms with Crippen molar-refractivity contribution in [3.63, 3.8) is 0 Å². The van der Waals surface area contributed by atoms with Gasteiger partial charge in [0.2, 0.25) is 0 Å². The number of nitrogens with one attached hydrogen (secondary N) is 2. The van der Waals surface area contributed by atoms with Crippen LogP contribution in [0.4, 0.5) is 4.39 Å². The van der Waals surface area contributed by atoms with Crippen molar-refractivity contribution in [3.8, 4) is 11.3 Å². The van der Waals surface area contributed by atoms with E-state index in [1.54, 1.807) is 6.07 Å². The molecule has 1 aromatic heterocycles. The number of halogens is 2. The predicted molar refractivity (Wildman–Crippen MR) is 66.6 cm³/mol. The number of hydrogen-bond donors (Lipinski definition) is 2. The number of aromatic amines is 1. The van der Waals surface area contributed by atoms with Gasteiger partial charge in [0.15, 0.2) is 0 Å². The second-order valence-corrected chi connectivity index (χ2v) is 3.97. The van der Waals surface area contributed by atoms with Crippen molar-refractivity contribution in [3.05, 3.63) is 41.3 Å². The smallest absolute Gasteiger partial charge is 0.123 e. The van der Waals surface area contributed by atoms with E-state index in [4.69, 9.17) is 0 Å².